The van der Waals surface area contributed by atoms with Gasteiger partial charge in [0.2, 0.25) is 0 Å². The molecule has 0 bridgehead atoms. The van der Waals surface area contributed by atoms with Crippen LogP contribution in [0.4, 0.5) is 0 Å². The summed E-state index contributed by atoms with van der Waals surface area (Å²) >= 11 is 0. The summed E-state index contributed by atoms with van der Waals surface area (Å²) in [6.45, 7) is 0. The van der Waals surface area contributed by atoms with Gasteiger partial charge in [0.1, 0.15) is 0 Å². The molecule has 0 heteroatoms. The third-order valence-corrected chi connectivity index (χ3v) is 3.16. The van der Waals surface area contributed by atoms with Crippen LogP contribution in [0.1, 0.15) is 24.0 Å². The molecular weight excluding hydrogens is 168 g/mol. The van der Waals surface area contributed by atoms with E-state index in [0.717, 1.165) is 0 Å². The maximum atomic E-state index is 3.43. The van der Waals surface area contributed by atoms with Gasteiger partial charge in [0.25, 0.3) is 0 Å². The summed E-state index contributed by atoms with van der Waals surface area (Å²) in [6.07, 6.45) is 5.14. The van der Waals surface area contributed by atoms with Crippen LogP contribution in [0.25, 0.3) is 10.8 Å². The lowest BCUT2D eigenvalue weighted by Crippen LogP contribution is -2.02. The minimum Gasteiger partial charge on any atom is -0.0616 e. The summed E-state index contributed by atoms with van der Waals surface area (Å²) in [5, 5.41) is 2.79. The van der Waals surface area contributed by atoms with Gasteiger partial charge in [0.15, 0.2) is 0 Å². The fourth-order valence-electron chi connectivity index (χ4n) is 2.42. The van der Waals surface area contributed by atoms with Gasteiger partial charge in [-0.25, -0.2) is 0 Å². The molecule has 69 valence electrons. The Balaban J connectivity index is 2.34. The molecule has 3 rings (SSSR count). The molecule has 1 aliphatic carbocycles. The van der Waals surface area contributed by atoms with Crippen molar-refractivity contribution in [1.82, 2.24) is 0 Å². The highest BCUT2D eigenvalue weighted by atomic mass is 14.2. The summed E-state index contributed by atoms with van der Waals surface area (Å²) in [5.41, 5.74) is 3.00. The third-order valence-electron chi connectivity index (χ3n) is 3.16. The van der Waals surface area contributed by atoms with Gasteiger partial charge in [0, 0.05) is 0 Å². The van der Waals surface area contributed by atoms with Gasteiger partial charge in [-0.05, 0) is 59.7 Å². The molecular formula is C14H13. The van der Waals surface area contributed by atoms with E-state index in [9.17, 15) is 0 Å². The molecule has 1 radical (unpaired) electrons. The topological polar surface area (TPSA) is 0 Å². The SMILES string of the molecule is [c]1cc2ccccc2c2c1CCCC2. The van der Waals surface area contributed by atoms with Crippen LogP contribution in [0.2, 0.25) is 0 Å². The molecule has 14 heavy (non-hydrogen) atoms. The molecule has 0 atom stereocenters. The van der Waals surface area contributed by atoms with Gasteiger partial charge < -0.3 is 0 Å². The van der Waals surface area contributed by atoms with E-state index in [-0.39, 0.29) is 0 Å². The average Bonchev–Trinajstić information content (AvgIpc) is 2.29. The summed E-state index contributed by atoms with van der Waals surface area (Å²) in [6, 6.07) is 14.2. The van der Waals surface area contributed by atoms with E-state index in [0.29, 0.717) is 0 Å². The van der Waals surface area contributed by atoms with Crippen LogP contribution in [0.3, 0.4) is 0 Å². The number of benzene rings is 2. The van der Waals surface area contributed by atoms with Crippen LogP contribution in [0.15, 0.2) is 30.3 Å². The van der Waals surface area contributed by atoms with Crippen molar-refractivity contribution in [3.05, 3.63) is 47.5 Å². The summed E-state index contributed by atoms with van der Waals surface area (Å²) in [5.74, 6) is 0. The quantitative estimate of drug-likeness (QED) is 0.583. The second-order valence-electron chi connectivity index (χ2n) is 4.04. The normalized spacial score (nSPS) is 15.4. The third kappa shape index (κ3) is 1.14. The molecule has 0 fully saturated rings. The van der Waals surface area contributed by atoms with Gasteiger partial charge in [-0.15, -0.1) is 0 Å². The zero-order valence-electron chi connectivity index (χ0n) is 8.22. The first-order chi connectivity index (χ1) is 6.95. The van der Waals surface area contributed by atoms with Crippen LogP contribution in [0, 0.1) is 6.07 Å². The summed E-state index contributed by atoms with van der Waals surface area (Å²) in [4.78, 5) is 0. The lowest BCUT2D eigenvalue weighted by molar-refractivity contribution is 0.689. The van der Waals surface area contributed by atoms with Crippen LogP contribution >= 0.6 is 0 Å². The molecule has 0 saturated heterocycles. The first kappa shape index (κ1) is 8.05. The number of hydrogen-bond donors (Lipinski definition) is 0. The van der Waals surface area contributed by atoms with Crippen molar-refractivity contribution in [2.24, 2.45) is 0 Å². The predicted molar refractivity (Wildman–Crippen MR) is 59.4 cm³/mol. The molecule has 0 spiro atoms. The highest BCUT2D eigenvalue weighted by molar-refractivity contribution is 5.86. The predicted octanol–water partition coefficient (Wildman–Crippen LogP) is 3.52. The van der Waals surface area contributed by atoms with Gasteiger partial charge in [-0.2, -0.15) is 0 Å². The Morgan fingerprint density at radius 3 is 2.86 bits per heavy atom. The molecule has 0 aliphatic heterocycles. The maximum Gasteiger partial charge on any atom is -0.0140 e. The smallest absolute Gasteiger partial charge is 0.0140 e. The van der Waals surface area contributed by atoms with E-state index in [1.807, 2.05) is 0 Å². The molecule has 0 heterocycles. The zero-order chi connectivity index (χ0) is 9.38. The second kappa shape index (κ2) is 3.13. The first-order valence-electron chi connectivity index (χ1n) is 5.36. The number of fused-ring (bicyclic) bond motifs is 3. The molecule has 1 aliphatic rings. The maximum absolute atomic E-state index is 3.43. The largest absolute Gasteiger partial charge is 0.0616 e. The van der Waals surface area contributed by atoms with Gasteiger partial charge in [-0.1, -0.05) is 24.3 Å². The molecule has 2 aromatic rings. The molecule has 0 saturated carbocycles. The van der Waals surface area contributed by atoms with Crippen molar-refractivity contribution in [3.8, 4) is 0 Å². The highest BCUT2D eigenvalue weighted by Gasteiger charge is 2.11. The molecule has 0 unspecified atom stereocenters. The van der Waals surface area contributed by atoms with Crippen molar-refractivity contribution < 1.29 is 0 Å². The zero-order valence-corrected chi connectivity index (χ0v) is 8.22. The van der Waals surface area contributed by atoms with E-state index in [2.05, 4.69) is 36.4 Å². The fourth-order valence-corrected chi connectivity index (χ4v) is 2.42. The molecule has 0 amide bonds. The van der Waals surface area contributed by atoms with E-state index in [1.54, 1.807) is 5.56 Å². The number of rotatable bonds is 0. The van der Waals surface area contributed by atoms with Crippen molar-refractivity contribution in [1.29, 1.82) is 0 Å². The van der Waals surface area contributed by atoms with E-state index in [4.69, 9.17) is 0 Å². The van der Waals surface area contributed by atoms with E-state index >= 15 is 0 Å². The van der Waals surface area contributed by atoms with Crippen molar-refractivity contribution in [2.75, 3.05) is 0 Å². The number of hydrogen-bond acceptors (Lipinski definition) is 0. The minimum atomic E-state index is 1.22. The second-order valence-corrected chi connectivity index (χ2v) is 4.04. The standard InChI is InChI=1S/C14H13/c1-3-7-13-11(5-1)9-10-12-6-2-4-8-14(12)13/h1,3,5,7,9H,2,4,6,8H2. The average molecular weight is 181 g/mol. The molecule has 0 nitrogen and oxygen atoms in total. The van der Waals surface area contributed by atoms with Crippen molar-refractivity contribution >= 4 is 10.8 Å². The lowest BCUT2D eigenvalue weighted by Gasteiger charge is -2.17. The molecule has 0 aromatic heterocycles. The monoisotopic (exact) mass is 181 g/mol. The first-order valence-corrected chi connectivity index (χ1v) is 5.36. The van der Waals surface area contributed by atoms with Crippen molar-refractivity contribution in [2.45, 2.75) is 25.7 Å². The Morgan fingerprint density at radius 1 is 1.00 bits per heavy atom. The Hall–Kier alpha value is -1.30. The van der Waals surface area contributed by atoms with Crippen LogP contribution < -0.4 is 0 Å². The fraction of sp³-hybridized carbons (Fsp3) is 0.286. The highest BCUT2D eigenvalue weighted by Crippen LogP contribution is 2.28. The Morgan fingerprint density at radius 2 is 1.86 bits per heavy atom. The van der Waals surface area contributed by atoms with Gasteiger partial charge >= 0.3 is 0 Å². The van der Waals surface area contributed by atoms with Gasteiger partial charge in [0.05, 0.1) is 0 Å². The van der Waals surface area contributed by atoms with Crippen LogP contribution in [-0.4, -0.2) is 0 Å². The van der Waals surface area contributed by atoms with Crippen molar-refractivity contribution in [3.63, 3.8) is 0 Å². The van der Waals surface area contributed by atoms with Gasteiger partial charge in [-0.3, -0.25) is 0 Å². The Bertz CT molecular complexity index is 468. The van der Waals surface area contributed by atoms with E-state index < -0.39 is 0 Å². The molecule has 0 N–H and O–H groups in total. The molecule has 2 aromatic carbocycles. The summed E-state index contributed by atoms with van der Waals surface area (Å²) in [7, 11) is 0. The Labute approximate surface area is 84.6 Å². The summed E-state index contributed by atoms with van der Waals surface area (Å²) < 4.78 is 0. The lowest BCUT2D eigenvalue weighted by atomic mass is 9.88. The van der Waals surface area contributed by atoms with Crippen LogP contribution in [-0.2, 0) is 12.8 Å². The van der Waals surface area contributed by atoms with E-state index in [1.165, 1.54) is 42.0 Å². The number of aryl methyl sites for hydroxylation is 2. The van der Waals surface area contributed by atoms with Crippen LogP contribution in [0.5, 0.6) is 0 Å². The Kier molecular flexibility index (Phi) is 1.80. The minimum absolute atomic E-state index is 1.22.